The number of hydrogen-bond donors (Lipinski definition) is 1. The molecule has 4 nitrogen and oxygen atoms in total. The molecule has 2 rings (SSSR count). The van der Waals surface area contributed by atoms with Crippen LogP contribution in [0.1, 0.15) is 15.9 Å². The minimum atomic E-state index is -0.0428. The summed E-state index contributed by atoms with van der Waals surface area (Å²) in [6.45, 7) is 1.98. The molecule has 1 aromatic carbocycles. The molecule has 98 valence electrons. The van der Waals surface area contributed by atoms with Gasteiger partial charge in [0, 0.05) is 31.5 Å². The van der Waals surface area contributed by atoms with Crippen molar-refractivity contribution >= 4 is 17.3 Å². The van der Waals surface area contributed by atoms with Crippen molar-refractivity contribution in [2.24, 2.45) is 0 Å². The molecule has 0 atom stereocenters. The maximum Gasteiger partial charge on any atom is 0.258 e. The van der Waals surface area contributed by atoms with Gasteiger partial charge in [0.1, 0.15) is 0 Å². The van der Waals surface area contributed by atoms with Crippen molar-refractivity contribution in [3.8, 4) is 0 Å². The molecule has 0 radical (unpaired) electrons. The fraction of sp³-hybridized carbons (Fsp3) is 0.200. The molecule has 1 amide bonds. The van der Waals surface area contributed by atoms with E-state index in [2.05, 4.69) is 10.3 Å². The van der Waals surface area contributed by atoms with Gasteiger partial charge in [0.2, 0.25) is 0 Å². The van der Waals surface area contributed by atoms with E-state index < -0.39 is 0 Å². The van der Waals surface area contributed by atoms with Crippen molar-refractivity contribution in [2.75, 3.05) is 24.3 Å². The smallest absolute Gasteiger partial charge is 0.258 e. The average molecular weight is 255 g/mol. The van der Waals surface area contributed by atoms with Crippen LogP contribution in [0, 0.1) is 6.92 Å². The minimum Gasteiger partial charge on any atom is -0.388 e. The van der Waals surface area contributed by atoms with Gasteiger partial charge in [0.25, 0.3) is 5.91 Å². The molecule has 19 heavy (non-hydrogen) atoms. The lowest BCUT2D eigenvalue weighted by Gasteiger charge is -2.17. The van der Waals surface area contributed by atoms with E-state index in [4.69, 9.17) is 0 Å². The molecule has 0 aliphatic carbocycles. The van der Waals surface area contributed by atoms with Crippen LogP contribution in [0.3, 0.4) is 0 Å². The highest BCUT2D eigenvalue weighted by Crippen LogP contribution is 2.19. The quantitative estimate of drug-likeness (QED) is 0.917. The van der Waals surface area contributed by atoms with E-state index in [9.17, 15) is 4.79 Å². The highest BCUT2D eigenvalue weighted by atomic mass is 16.2. The standard InChI is InChI=1S/C15H17N3O/c1-11-9-12(6-7-14(11)16-2)15(19)18(3)13-5-4-8-17-10-13/h4-10,16H,1-3H3. The maximum absolute atomic E-state index is 12.4. The molecule has 0 fully saturated rings. The highest BCUT2D eigenvalue weighted by Gasteiger charge is 2.14. The Bertz CT molecular complexity index is 581. The number of carbonyl (C=O) groups is 1. The van der Waals surface area contributed by atoms with E-state index in [1.807, 2.05) is 44.3 Å². The SMILES string of the molecule is CNc1ccc(C(=O)N(C)c2cccnc2)cc1C. The third-order valence-corrected chi connectivity index (χ3v) is 3.08. The Morgan fingerprint density at radius 1 is 1.32 bits per heavy atom. The zero-order valence-corrected chi connectivity index (χ0v) is 11.3. The highest BCUT2D eigenvalue weighted by molar-refractivity contribution is 6.06. The van der Waals surface area contributed by atoms with Crippen LogP contribution >= 0.6 is 0 Å². The average Bonchev–Trinajstić information content (AvgIpc) is 2.46. The molecular formula is C15H17N3O. The van der Waals surface area contributed by atoms with E-state index in [0.29, 0.717) is 5.56 Å². The van der Waals surface area contributed by atoms with Crippen molar-refractivity contribution in [1.29, 1.82) is 0 Å². The van der Waals surface area contributed by atoms with Crippen molar-refractivity contribution in [3.63, 3.8) is 0 Å². The van der Waals surface area contributed by atoms with Crippen LogP contribution < -0.4 is 10.2 Å². The number of pyridine rings is 1. The summed E-state index contributed by atoms with van der Waals surface area (Å²) >= 11 is 0. The number of nitrogens with zero attached hydrogens (tertiary/aromatic N) is 2. The zero-order chi connectivity index (χ0) is 13.8. The summed E-state index contributed by atoms with van der Waals surface area (Å²) in [7, 11) is 3.62. The number of carbonyl (C=O) groups excluding carboxylic acids is 1. The molecule has 1 aromatic heterocycles. The van der Waals surface area contributed by atoms with Gasteiger partial charge in [-0.2, -0.15) is 0 Å². The summed E-state index contributed by atoms with van der Waals surface area (Å²) in [5.74, 6) is -0.0428. The van der Waals surface area contributed by atoms with Crippen LogP contribution in [0.5, 0.6) is 0 Å². The van der Waals surface area contributed by atoms with E-state index in [-0.39, 0.29) is 5.91 Å². The Morgan fingerprint density at radius 3 is 2.68 bits per heavy atom. The second-order valence-electron chi connectivity index (χ2n) is 4.36. The van der Waals surface area contributed by atoms with Gasteiger partial charge in [-0.25, -0.2) is 0 Å². The molecule has 0 saturated heterocycles. The lowest BCUT2D eigenvalue weighted by atomic mass is 10.1. The number of anilines is 2. The van der Waals surface area contributed by atoms with Gasteiger partial charge in [-0.15, -0.1) is 0 Å². The van der Waals surface area contributed by atoms with Gasteiger partial charge in [0.05, 0.1) is 11.9 Å². The number of rotatable bonds is 3. The Balaban J connectivity index is 2.27. The molecule has 4 heteroatoms. The Morgan fingerprint density at radius 2 is 2.11 bits per heavy atom. The Labute approximate surface area is 113 Å². The Kier molecular flexibility index (Phi) is 3.80. The molecular weight excluding hydrogens is 238 g/mol. The predicted molar refractivity (Wildman–Crippen MR) is 77.7 cm³/mol. The topological polar surface area (TPSA) is 45.2 Å². The van der Waals surface area contributed by atoms with Crippen LogP contribution in [0.15, 0.2) is 42.7 Å². The third kappa shape index (κ3) is 2.73. The third-order valence-electron chi connectivity index (χ3n) is 3.08. The van der Waals surface area contributed by atoms with Gasteiger partial charge in [0.15, 0.2) is 0 Å². The maximum atomic E-state index is 12.4. The van der Waals surface area contributed by atoms with Crippen molar-refractivity contribution in [1.82, 2.24) is 4.98 Å². The molecule has 0 unspecified atom stereocenters. The van der Waals surface area contributed by atoms with Crippen LogP contribution in [-0.4, -0.2) is 25.0 Å². The molecule has 0 saturated carbocycles. The first-order valence-corrected chi connectivity index (χ1v) is 6.10. The van der Waals surface area contributed by atoms with Crippen molar-refractivity contribution in [2.45, 2.75) is 6.92 Å². The Hall–Kier alpha value is -2.36. The number of hydrogen-bond acceptors (Lipinski definition) is 3. The minimum absolute atomic E-state index is 0.0428. The largest absolute Gasteiger partial charge is 0.388 e. The fourth-order valence-electron chi connectivity index (χ4n) is 1.94. The van der Waals surface area contributed by atoms with Crippen LogP contribution in [-0.2, 0) is 0 Å². The molecule has 2 aromatic rings. The zero-order valence-electron chi connectivity index (χ0n) is 11.3. The summed E-state index contributed by atoms with van der Waals surface area (Å²) in [6, 6.07) is 9.31. The van der Waals surface area contributed by atoms with Crippen LogP contribution in [0.2, 0.25) is 0 Å². The van der Waals surface area contributed by atoms with Gasteiger partial charge in [-0.1, -0.05) is 0 Å². The molecule has 1 heterocycles. The predicted octanol–water partition coefficient (Wildman–Crippen LogP) is 2.71. The normalized spacial score (nSPS) is 10.1. The van der Waals surface area contributed by atoms with E-state index in [1.165, 1.54) is 0 Å². The monoisotopic (exact) mass is 255 g/mol. The van der Waals surface area contributed by atoms with Crippen molar-refractivity contribution < 1.29 is 4.79 Å². The number of aromatic nitrogens is 1. The van der Waals surface area contributed by atoms with Crippen molar-refractivity contribution in [3.05, 3.63) is 53.9 Å². The number of aryl methyl sites for hydroxylation is 1. The lowest BCUT2D eigenvalue weighted by molar-refractivity contribution is 0.0993. The first-order valence-electron chi connectivity index (χ1n) is 6.10. The van der Waals surface area contributed by atoms with Gasteiger partial charge in [-0.05, 0) is 42.8 Å². The molecule has 0 aliphatic rings. The molecule has 0 bridgehead atoms. The van der Waals surface area contributed by atoms with Crippen LogP contribution in [0.25, 0.3) is 0 Å². The van der Waals surface area contributed by atoms with Gasteiger partial charge < -0.3 is 10.2 Å². The molecule has 1 N–H and O–H groups in total. The number of benzene rings is 1. The first kappa shape index (κ1) is 13.1. The fourth-order valence-corrected chi connectivity index (χ4v) is 1.94. The summed E-state index contributed by atoms with van der Waals surface area (Å²) in [4.78, 5) is 18.0. The van der Waals surface area contributed by atoms with E-state index >= 15 is 0 Å². The lowest BCUT2D eigenvalue weighted by Crippen LogP contribution is -2.26. The van der Waals surface area contributed by atoms with Gasteiger partial charge >= 0.3 is 0 Å². The second-order valence-corrected chi connectivity index (χ2v) is 4.36. The van der Waals surface area contributed by atoms with E-state index in [1.54, 1.807) is 24.3 Å². The summed E-state index contributed by atoms with van der Waals surface area (Å²) < 4.78 is 0. The summed E-state index contributed by atoms with van der Waals surface area (Å²) in [6.07, 6.45) is 3.36. The van der Waals surface area contributed by atoms with Crippen LogP contribution in [0.4, 0.5) is 11.4 Å². The number of nitrogens with one attached hydrogen (secondary N) is 1. The summed E-state index contributed by atoms with van der Waals surface area (Å²) in [5.41, 5.74) is 3.53. The van der Waals surface area contributed by atoms with E-state index in [0.717, 1.165) is 16.9 Å². The van der Waals surface area contributed by atoms with Gasteiger partial charge in [-0.3, -0.25) is 9.78 Å². The first-order chi connectivity index (χ1) is 9.13. The molecule has 0 spiro atoms. The summed E-state index contributed by atoms with van der Waals surface area (Å²) in [5, 5.41) is 3.09. The second kappa shape index (κ2) is 5.52. The number of amides is 1. The molecule has 0 aliphatic heterocycles.